The lowest BCUT2D eigenvalue weighted by Gasteiger charge is -2.38. The summed E-state index contributed by atoms with van der Waals surface area (Å²) in [6.07, 6.45) is 3.02. The van der Waals surface area contributed by atoms with E-state index >= 15 is 0 Å². The van der Waals surface area contributed by atoms with Crippen LogP contribution in [0.25, 0.3) is 28.1 Å². The molecule has 206 valence electrons. The average Bonchev–Trinajstić information content (AvgIpc) is 3.63. The molecule has 3 aliphatic rings. The van der Waals surface area contributed by atoms with E-state index in [1.807, 2.05) is 29.7 Å². The molecule has 0 bridgehead atoms. The number of anilines is 1. The van der Waals surface area contributed by atoms with Gasteiger partial charge in [-0.1, -0.05) is 12.1 Å². The number of fused-ring (bicyclic) bond motifs is 2. The van der Waals surface area contributed by atoms with Gasteiger partial charge in [-0.2, -0.15) is 9.97 Å². The van der Waals surface area contributed by atoms with Crippen molar-refractivity contribution in [2.45, 2.75) is 44.9 Å². The number of aromatic nitrogens is 6. The van der Waals surface area contributed by atoms with E-state index in [0.717, 1.165) is 105 Å². The van der Waals surface area contributed by atoms with Crippen LogP contribution in [-0.4, -0.2) is 109 Å². The monoisotopic (exact) mass is 531 g/mol. The molecular weight excluding hydrogens is 494 g/mol. The molecule has 2 aliphatic heterocycles. The van der Waals surface area contributed by atoms with Crippen LogP contribution in [0.15, 0.2) is 24.3 Å². The standard InChI is InChI=1S/C28H37N9O2/c1-19-29-20-6-3-4-7-21(20)37(19)28-31-26-25(27(32-28)36-14-16-39-17-15-36)30-24(33(26)2)18-34-10-12-35(13-11-34)22-8-5-9-23(22)38/h3-4,6-7,22-23,38H,5,8-18H2,1-2H3. The van der Waals surface area contributed by atoms with Gasteiger partial charge in [0.15, 0.2) is 17.0 Å². The highest BCUT2D eigenvalue weighted by Crippen LogP contribution is 2.29. The summed E-state index contributed by atoms with van der Waals surface area (Å²) in [7, 11) is 2.06. The van der Waals surface area contributed by atoms with Crippen molar-refractivity contribution < 1.29 is 9.84 Å². The number of piperazine rings is 1. The summed E-state index contributed by atoms with van der Waals surface area (Å²) in [6, 6.07) is 8.45. The lowest BCUT2D eigenvalue weighted by atomic mass is 10.1. The number of ether oxygens (including phenoxy) is 1. The quantitative estimate of drug-likeness (QED) is 0.414. The number of hydrogen-bond acceptors (Lipinski definition) is 9. The first-order valence-corrected chi connectivity index (χ1v) is 14.2. The van der Waals surface area contributed by atoms with Gasteiger partial charge in [0.05, 0.1) is 36.9 Å². The van der Waals surface area contributed by atoms with Crippen molar-refractivity contribution in [3.05, 3.63) is 35.9 Å². The fraction of sp³-hybridized carbons (Fsp3) is 0.571. The molecule has 11 nitrogen and oxygen atoms in total. The van der Waals surface area contributed by atoms with Gasteiger partial charge >= 0.3 is 0 Å². The largest absolute Gasteiger partial charge is 0.391 e. The Labute approximate surface area is 228 Å². The number of morpholine rings is 1. The average molecular weight is 532 g/mol. The zero-order valence-electron chi connectivity index (χ0n) is 22.8. The molecule has 3 aromatic heterocycles. The van der Waals surface area contributed by atoms with Crippen LogP contribution in [0, 0.1) is 6.92 Å². The number of aliphatic hydroxyl groups is 1. The van der Waals surface area contributed by atoms with Gasteiger partial charge in [-0.15, -0.1) is 0 Å². The number of imidazole rings is 2. The van der Waals surface area contributed by atoms with E-state index in [2.05, 4.69) is 32.4 Å². The number of para-hydroxylation sites is 2. The fourth-order valence-electron chi connectivity index (χ4n) is 6.52. The molecule has 1 aliphatic carbocycles. The van der Waals surface area contributed by atoms with Gasteiger partial charge in [-0.3, -0.25) is 14.4 Å². The van der Waals surface area contributed by atoms with Crippen LogP contribution in [-0.2, 0) is 18.3 Å². The third-order valence-corrected chi connectivity index (χ3v) is 8.71. The molecule has 0 spiro atoms. The zero-order chi connectivity index (χ0) is 26.5. The topological polar surface area (TPSA) is 101 Å². The Bertz CT molecular complexity index is 1480. The molecule has 5 heterocycles. The van der Waals surface area contributed by atoms with Crippen LogP contribution in [0.4, 0.5) is 5.82 Å². The van der Waals surface area contributed by atoms with Crippen LogP contribution >= 0.6 is 0 Å². The Morgan fingerprint density at radius 1 is 0.949 bits per heavy atom. The Balaban J connectivity index is 1.23. The predicted octanol–water partition coefficient (Wildman–Crippen LogP) is 1.88. The third-order valence-electron chi connectivity index (χ3n) is 8.71. The maximum Gasteiger partial charge on any atom is 0.239 e. The minimum absolute atomic E-state index is 0.168. The van der Waals surface area contributed by atoms with Crippen LogP contribution < -0.4 is 4.90 Å². The zero-order valence-corrected chi connectivity index (χ0v) is 22.8. The normalized spacial score (nSPS) is 23.4. The Kier molecular flexibility index (Phi) is 6.46. The summed E-state index contributed by atoms with van der Waals surface area (Å²) < 4.78 is 9.82. The van der Waals surface area contributed by atoms with Gasteiger partial charge in [0.1, 0.15) is 11.6 Å². The Morgan fingerprint density at radius 3 is 2.51 bits per heavy atom. The van der Waals surface area contributed by atoms with E-state index in [1.54, 1.807) is 0 Å². The van der Waals surface area contributed by atoms with E-state index in [1.165, 1.54) is 0 Å². The summed E-state index contributed by atoms with van der Waals surface area (Å²) in [5.74, 6) is 3.33. The van der Waals surface area contributed by atoms with Crippen molar-refractivity contribution in [2.75, 3.05) is 57.4 Å². The SMILES string of the molecule is Cc1nc2ccccc2n1-c1nc(N2CCOCC2)c2nc(CN3CCN(C4CCCC4O)CC3)n(C)c2n1. The van der Waals surface area contributed by atoms with Gasteiger partial charge in [-0.25, -0.2) is 9.97 Å². The molecule has 2 unspecified atom stereocenters. The Morgan fingerprint density at radius 2 is 1.74 bits per heavy atom. The highest BCUT2D eigenvalue weighted by molar-refractivity contribution is 5.86. The van der Waals surface area contributed by atoms with E-state index in [4.69, 9.17) is 24.7 Å². The minimum Gasteiger partial charge on any atom is -0.391 e. The molecule has 0 amide bonds. The number of benzene rings is 1. The summed E-state index contributed by atoms with van der Waals surface area (Å²) in [5.41, 5.74) is 3.60. The molecule has 4 aromatic rings. The fourth-order valence-corrected chi connectivity index (χ4v) is 6.52. The third kappa shape index (κ3) is 4.47. The summed E-state index contributed by atoms with van der Waals surface area (Å²) in [6.45, 7) is 9.58. The van der Waals surface area contributed by atoms with Crippen molar-refractivity contribution >= 4 is 28.0 Å². The van der Waals surface area contributed by atoms with Crippen molar-refractivity contribution in [1.82, 2.24) is 38.9 Å². The first kappa shape index (κ1) is 24.9. The van der Waals surface area contributed by atoms with Crippen LogP contribution in [0.3, 0.4) is 0 Å². The smallest absolute Gasteiger partial charge is 0.239 e. The van der Waals surface area contributed by atoms with Crippen LogP contribution in [0.5, 0.6) is 0 Å². The second kappa shape index (κ2) is 10.1. The number of nitrogens with zero attached hydrogens (tertiary/aromatic N) is 9. The molecule has 1 N–H and O–H groups in total. The second-order valence-corrected chi connectivity index (χ2v) is 11.1. The molecule has 11 heteroatoms. The molecule has 1 aromatic carbocycles. The lowest BCUT2D eigenvalue weighted by molar-refractivity contribution is 0.0328. The van der Waals surface area contributed by atoms with E-state index in [9.17, 15) is 5.11 Å². The van der Waals surface area contributed by atoms with Gasteiger partial charge < -0.3 is 19.3 Å². The van der Waals surface area contributed by atoms with Gasteiger partial charge in [-0.05, 0) is 38.3 Å². The van der Waals surface area contributed by atoms with Crippen molar-refractivity contribution in [3.63, 3.8) is 0 Å². The highest BCUT2D eigenvalue weighted by Gasteiger charge is 2.33. The number of aliphatic hydroxyl groups excluding tert-OH is 1. The Hall–Kier alpha value is -3.12. The van der Waals surface area contributed by atoms with Crippen LogP contribution in [0.2, 0.25) is 0 Å². The van der Waals surface area contributed by atoms with Crippen LogP contribution in [0.1, 0.15) is 30.9 Å². The van der Waals surface area contributed by atoms with Crippen molar-refractivity contribution in [1.29, 1.82) is 0 Å². The number of rotatable bonds is 5. The highest BCUT2D eigenvalue weighted by atomic mass is 16.5. The summed E-state index contributed by atoms with van der Waals surface area (Å²) in [4.78, 5) is 27.3. The lowest BCUT2D eigenvalue weighted by Crippen LogP contribution is -2.52. The summed E-state index contributed by atoms with van der Waals surface area (Å²) in [5, 5.41) is 10.4. The minimum atomic E-state index is -0.168. The van der Waals surface area contributed by atoms with Gasteiger partial charge in [0.25, 0.3) is 0 Å². The van der Waals surface area contributed by atoms with Gasteiger partial charge in [0.2, 0.25) is 5.95 Å². The first-order valence-electron chi connectivity index (χ1n) is 14.2. The molecule has 0 radical (unpaired) electrons. The maximum atomic E-state index is 10.4. The molecular formula is C28H37N9O2. The number of aryl methyl sites for hydroxylation is 2. The molecule has 39 heavy (non-hydrogen) atoms. The van der Waals surface area contributed by atoms with Crippen molar-refractivity contribution in [3.8, 4) is 5.95 Å². The molecule has 1 saturated carbocycles. The van der Waals surface area contributed by atoms with E-state index < -0.39 is 0 Å². The van der Waals surface area contributed by atoms with E-state index in [-0.39, 0.29) is 6.10 Å². The number of hydrogen-bond donors (Lipinski definition) is 1. The maximum absolute atomic E-state index is 10.4. The van der Waals surface area contributed by atoms with E-state index in [0.29, 0.717) is 25.2 Å². The van der Waals surface area contributed by atoms with Gasteiger partial charge in [0, 0.05) is 52.4 Å². The molecule has 7 rings (SSSR count). The molecule has 2 atom stereocenters. The van der Waals surface area contributed by atoms with Crippen molar-refractivity contribution in [2.24, 2.45) is 7.05 Å². The molecule has 2 saturated heterocycles. The first-order chi connectivity index (χ1) is 19.1. The predicted molar refractivity (Wildman–Crippen MR) is 149 cm³/mol. The second-order valence-electron chi connectivity index (χ2n) is 11.1. The molecule has 3 fully saturated rings. The summed E-state index contributed by atoms with van der Waals surface area (Å²) >= 11 is 0.